The lowest BCUT2D eigenvalue weighted by molar-refractivity contribution is -0.120. The molecule has 0 unspecified atom stereocenters. The van der Waals surface area contributed by atoms with Crippen molar-refractivity contribution < 1.29 is 9.18 Å². The summed E-state index contributed by atoms with van der Waals surface area (Å²) in [5.74, 6) is 0.166. The van der Waals surface area contributed by atoms with Crippen LogP contribution in [0.1, 0.15) is 6.92 Å². The first kappa shape index (κ1) is 17.6. The van der Waals surface area contributed by atoms with Crippen LogP contribution in [-0.2, 0) is 4.79 Å². The summed E-state index contributed by atoms with van der Waals surface area (Å²) in [6, 6.07) is 9.62. The standard InChI is InChI=1S/C18H20ClFN4O/c1-13(18(25)22-17-7-2-14(19)12-21-17)23-8-10-24(11-9-23)16-5-3-15(20)4-6-16/h2-7,12-13H,8-11H2,1H3,(H,21,22,25)/t13-/m1/s1. The molecule has 0 spiro atoms. The SMILES string of the molecule is C[C@H](C(=O)Nc1ccc(Cl)cn1)N1CCN(c2ccc(F)cc2)CC1. The van der Waals surface area contributed by atoms with Gasteiger partial charge in [0.2, 0.25) is 5.91 Å². The minimum atomic E-state index is -0.257. The molecular weight excluding hydrogens is 343 g/mol. The van der Waals surface area contributed by atoms with Gasteiger partial charge in [-0.2, -0.15) is 0 Å². The van der Waals surface area contributed by atoms with Gasteiger partial charge in [0.05, 0.1) is 11.1 Å². The molecule has 7 heteroatoms. The molecular formula is C18H20ClFN4O. The number of nitrogens with one attached hydrogen (secondary N) is 1. The number of amides is 1. The van der Waals surface area contributed by atoms with Crippen LogP contribution in [0.15, 0.2) is 42.6 Å². The van der Waals surface area contributed by atoms with Gasteiger partial charge in [-0.25, -0.2) is 9.37 Å². The van der Waals surface area contributed by atoms with Crippen molar-refractivity contribution in [3.63, 3.8) is 0 Å². The first-order valence-electron chi connectivity index (χ1n) is 8.20. The molecule has 0 saturated carbocycles. The number of benzene rings is 1. The van der Waals surface area contributed by atoms with Crippen LogP contribution in [0.25, 0.3) is 0 Å². The zero-order valence-electron chi connectivity index (χ0n) is 14.0. The molecule has 1 aromatic heterocycles. The zero-order chi connectivity index (χ0) is 17.8. The van der Waals surface area contributed by atoms with Gasteiger partial charge in [0, 0.05) is 38.1 Å². The summed E-state index contributed by atoms with van der Waals surface area (Å²) in [4.78, 5) is 20.8. The molecule has 0 bridgehead atoms. The van der Waals surface area contributed by atoms with Crippen molar-refractivity contribution in [2.45, 2.75) is 13.0 Å². The number of rotatable bonds is 4. The maximum absolute atomic E-state index is 13.0. The molecule has 1 atom stereocenters. The average molecular weight is 363 g/mol. The molecule has 1 fully saturated rings. The molecule has 3 rings (SSSR count). The van der Waals surface area contributed by atoms with Gasteiger partial charge < -0.3 is 10.2 Å². The molecule has 0 radical (unpaired) electrons. The number of hydrogen-bond acceptors (Lipinski definition) is 4. The Morgan fingerprint density at radius 1 is 1.16 bits per heavy atom. The Bertz CT molecular complexity index is 715. The Labute approximate surface area is 151 Å². The van der Waals surface area contributed by atoms with E-state index < -0.39 is 0 Å². The first-order valence-corrected chi connectivity index (χ1v) is 8.58. The van der Waals surface area contributed by atoms with Crippen molar-refractivity contribution in [2.75, 3.05) is 36.4 Å². The van der Waals surface area contributed by atoms with Crippen molar-refractivity contribution in [1.29, 1.82) is 0 Å². The van der Waals surface area contributed by atoms with Gasteiger partial charge in [0.15, 0.2) is 0 Å². The Morgan fingerprint density at radius 3 is 2.44 bits per heavy atom. The van der Waals surface area contributed by atoms with Crippen LogP contribution < -0.4 is 10.2 Å². The topological polar surface area (TPSA) is 48.5 Å². The average Bonchev–Trinajstić information content (AvgIpc) is 2.64. The van der Waals surface area contributed by atoms with E-state index in [9.17, 15) is 9.18 Å². The van der Waals surface area contributed by atoms with Crippen LogP contribution in [0.5, 0.6) is 0 Å². The summed E-state index contributed by atoms with van der Waals surface area (Å²) in [6.07, 6.45) is 1.50. The van der Waals surface area contributed by atoms with Crippen LogP contribution >= 0.6 is 11.6 Å². The maximum atomic E-state index is 13.0. The first-order chi connectivity index (χ1) is 12.0. The van der Waals surface area contributed by atoms with Gasteiger partial charge in [-0.15, -0.1) is 0 Å². The summed E-state index contributed by atoms with van der Waals surface area (Å²) in [5.41, 5.74) is 1.00. The molecule has 2 heterocycles. The van der Waals surface area contributed by atoms with Crippen LogP contribution in [-0.4, -0.2) is 48.0 Å². The van der Waals surface area contributed by atoms with E-state index in [0.717, 1.165) is 31.9 Å². The van der Waals surface area contributed by atoms with Crippen LogP contribution in [0, 0.1) is 5.82 Å². The number of halogens is 2. The normalized spacial score (nSPS) is 16.5. The van der Waals surface area contributed by atoms with E-state index >= 15 is 0 Å². The third kappa shape index (κ3) is 4.46. The Balaban J connectivity index is 1.53. The largest absolute Gasteiger partial charge is 0.369 e. The molecule has 1 aliphatic rings. The third-order valence-electron chi connectivity index (χ3n) is 4.41. The second-order valence-electron chi connectivity index (χ2n) is 6.03. The Morgan fingerprint density at radius 2 is 1.84 bits per heavy atom. The van der Waals surface area contributed by atoms with Gasteiger partial charge in [0.1, 0.15) is 11.6 Å². The fourth-order valence-corrected chi connectivity index (χ4v) is 2.98. The lowest BCUT2D eigenvalue weighted by Crippen LogP contribution is -2.52. The second-order valence-corrected chi connectivity index (χ2v) is 6.46. The van der Waals surface area contributed by atoms with Crippen molar-refractivity contribution >= 4 is 29.0 Å². The van der Waals surface area contributed by atoms with Crippen molar-refractivity contribution in [3.05, 3.63) is 53.4 Å². The second kappa shape index (κ2) is 7.80. The minimum Gasteiger partial charge on any atom is -0.369 e. The predicted molar refractivity (Wildman–Crippen MR) is 97.5 cm³/mol. The van der Waals surface area contributed by atoms with Gasteiger partial charge in [0.25, 0.3) is 0 Å². The van der Waals surface area contributed by atoms with Crippen molar-refractivity contribution in [1.82, 2.24) is 9.88 Å². The number of anilines is 2. The quantitative estimate of drug-likeness (QED) is 0.908. The number of aromatic nitrogens is 1. The summed E-state index contributed by atoms with van der Waals surface area (Å²) in [6.45, 7) is 5.00. The molecule has 1 amide bonds. The molecule has 5 nitrogen and oxygen atoms in total. The van der Waals surface area contributed by atoms with Crippen molar-refractivity contribution in [3.8, 4) is 0 Å². The molecule has 1 saturated heterocycles. The van der Waals surface area contributed by atoms with E-state index in [1.807, 2.05) is 6.92 Å². The number of hydrogen-bond donors (Lipinski definition) is 1. The van der Waals surface area contributed by atoms with E-state index in [4.69, 9.17) is 11.6 Å². The fourth-order valence-electron chi connectivity index (χ4n) is 2.87. The lowest BCUT2D eigenvalue weighted by Gasteiger charge is -2.38. The van der Waals surface area contributed by atoms with Gasteiger partial charge in [-0.1, -0.05) is 11.6 Å². The van der Waals surface area contributed by atoms with E-state index in [1.54, 1.807) is 24.3 Å². The highest BCUT2D eigenvalue weighted by atomic mass is 35.5. The van der Waals surface area contributed by atoms with Crippen LogP contribution in [0.4, 0.5) is 15.9 Å². The van der Waals surface area contributed by atoms with Crippen LogP contribution in [0.2, 0.25) is 5.02 Å². The molecule has 1 N–H and O–H groups in total. The maximum Gasteiger partial charge on any atom is 0.242 e. The molecule has 1 aliphatic heterocycles. The van der Waals surface area contributed by atoms with E-state index in [1.165, 1.54) is 18.3 Å². The highest BCUT2D eigenvalue weighted by Crippen LogP contribution is 2.18. The highest BCUT2D eigenvalue weighted by molar-refractivity contribution is 6.30. The molecule has 1 aromatic carbocycles. The van der Waals surface area contributed by atoms with E-state index in [2.05, 4.69) is 20.1 Å². The van der Waals surface area contributed by atoms with Crippen LogP contribution in [0.3, 0.4) is 0 Å². The highest BCUT2D eigenvalue weighted by Gasteiger charge is 2.25. The van der Waals surface area contributed by atoms with E-state index in [-0.39, 0.29) is 17.8 Å². The molecule has 2 aromatic rings. The predicted octanol–water partition coefficient (Wildman–Crippen LogP) is 3.02. The minimum absolute atomic E-state index is 0.0925. The van der Waals surface area contributed by atoms with Gasteiger partial charge >= 0.3 is 0 Å². The summed E-state index contributed by atoms with van der Waals surface area (Å²) >= 11 is 5.80. The summed E-state index contributed by atoms with van der Waals surface area (Å²) in [7, 11) is 0. The molecule has 0 aliphatic carbocycles. The molecule has 132 valence electrons. The monoisotopic (exact) mass is 362 g/mol. The third-order valence-corrected chi connectivity index (χ3v) is 4.64. The Hall–Kier alpha value is -2.18. The number of piperazine rings is 1. The van der Waals surface area contributed by atoms with Crippen molar-refractivity contribution in [2.24, 2.45) is 0 Å². The number of carbonyl (C=O) groups excluding carboxylic acids is 1. The Kier molecular flexibility index (Phi) is 5.50. The van der Waals surface area contributed by atoms with Gasteiger partial charge in [-0.3, -0.25) is 9.69 Å². The number of nitrogens with zero attached hydrogens (tertiary/aromatic N) is 3. The number of carbonyl (C=O) groups is 1. The lowest BCUT2D eigenvalue weighted by atomic mass is 10.2. The zero-order valence-corrected chi connectivity index (χ0v) is 14.7. The molecule has 25 heavy (non-hydrogen) atoms. The summed E-state index contributed by atoms with van der Waals surface area (Å²) in [5, 5.41) is 3.34. The smallest absolute Gasteiger partial charge is 0.242 e. The number of pyridine rings is 1. The fraction of sp³-hybridized carbons (Fsp3) is 0.333. The summed E-state index contributed by atoms with van der Waals surface area (Å²) < 4.78 is 13.0. The van der Waals surface area contributed by atoms with E-state index in [0.29, 0.717) is 10.8 Å². The van der Waals surface area contributed by atoms with Gasteiger partial charge in [-0.05, 0) is 43.3 Å².